The van der Waals surface area contributed by atoms with Crippen LogP contribution in [-0.2, 0) is 0 Å². The molecule has 0 aromatic carbocycles. The standard InChI is InChI=1S/C7H11BO/c1-2-3-4-5-7(8)6-9/h2-6,9H,8H2,1H3/b3-2-,5-4-,7-6-. The van der Waals surface area contributed by atoms with Crippen LogP contribution >= 0.6 is 0 Å². The topological polar surface area (TPSA) is 20.2 Å². The second-order valence-corrected chi connectivity index (χ2v) is 1.76. The first-order valence-corrected chi connectivity index (χ1v) is 2.91. The molecule has 0 aromatic heterocycles. The molecule has 0 radical (unpaired) electrons. The molecule has 0 atom stereocenters. The van der Waals surface area contributed by atoms with Crippen molar-refractivity contribution in [2.45, 2.75) is 6.92 Å². The second kappa shape index (κ2) is 5.23. The molecule has 48 valence electrons. The molecule has 0 heterocycles. The maximum Gasteiger partial charge on any atom is 0.143 e. The third-order valence-corrected chi connectivity index (χ3v) is 0.866. The minimum absolute atomic E-state index is 0.855. The van der Waals surface area contributed by atoms with Gasteiger partial charge in [0.2, 0.25) is 0 Å². The van der Waals surface area contributed by atoms with E-state index >= 15 is 0 Å². The molecule has 1 N–H and O–H groups in total. The van der Waals surface area contributed by atoms with Gasteiger partial charge in [0.25, 0.3) is 0 Å². The van der Waals surface area contributed by atoms with Gasteiger partial charge in [0, 0.05) is 0 Å². The second-order valence-electron chi connectivity index (χ2n) is 1.76. The SMILES string of the molecule is BC(/C=C\C=C/C)=C\O. The molecule has 0 bridgehead atoms. The van der Waals surface area contributed by atoms with E-state index in [1.165, 1.54) is 0 Å². The Balaban J connectivity index is 3.71. The molecule has 9 heavy (non-hydrogen) atoms. The van der Waals surface area contributed by atoms with Gasteiger partial charge in [-0.2, -0.15) is 0 Å². The maximum absolute atomic E-state index is 8.40. The zero-order valence-electron chi connectivity index (χ0n) is 5.83. The number of hydrogen-bond donors (Lipinski definition) is 1. The molecule has 0 aliphatic rings. The van der Waals surface area contributed by atoms with Gasteiger partial charge in [0.15, 0.2) is 0 Å². The summed E-state index contributed by atoms with van der Waals surface area (Å²) in [7, 11) is 1.83. The van der Waals surface area contributed by atoms with Crippen LogP contribution in [0.2, 0.25) is 0 Å². The van der Waals surface area contributed by atoms with Gasteiger partial charge in [0.1, 0.15) is 7.85 Å². The highest BCUT2D eigenvalue weighted by atomic mass is 16.2. The highest BCUT2D eigenvalue weighted by molar-refractivity contribution is 6.23. The predicted octanol–water partition coefficient (Wildman–Crippen LogP) is 1.15. The lowest BCUT2D eigenvalue weighted by Crippen LogP contribution is -1.71. The Morgan fingerprint density at radius 2 is 2.11 bits per heavy atom. The maximum atomic E-state index is 8.40. The van der Waals surface area contributed by atoms with Gasteiger partial charge in [-0.1, -0.05) is 29.8 Å². The van der Waals surface area contributed by atoms with Crippen LogP contribution in [0.5, 0.6) is 0 Å². The summed E-state index contributed by atoms with van der Waals surface area (Å²) in [6, 6.07) is 0. The van der Waals surface area contributed by atoms with E-state index in [4.69, 9.17) is 5.11 Å². The fourth-order valence-corrected chi connectivity index (χ4v) is 0.361. The van der Waals surface area contributed by atoms with Crippen molar-refractivity contribution >= 4 is 7.85 Å². The highest BCUT2D eigenvalue weighted by Gasteiger charge is 1.74. The molecule has 0 unspecified atom stereocenters. The third-order valence-electron chi connectivity index (χ3n) is 0.866. The van der Waals surface area contributed by atoms with Gasteiger partial charge in [-0.3, -0.25) is 0 Å². The summed E-state index contributed by atoms with van der Waals surface area (Å²) in [6.07, 6.45) is 8.64. The number of aliphatic hydroxyl groups is 1. The Bertz CT molecular complexity index is 145. The fraction of sp³-hybridized carbons (Fsp3) is 0.143. The van der Waals surface area contributed by atoms with Crippen molar-refractivity contribution < 1.29 is 5.11 Å². The highest BCUT2D eigenvalue weighted by Crippen LogP contribution is 1.87. The predicted molar refractivity (Wildman–Crippen MR) is 43.2 cm³/mol. The van der Waals surface area contributed by atoms with Crippen molar-refractivity contribution in [2.24, 2.45) is 0 Å². The minimum Gasteiger partial charge on any atom is -0.516 e. The molecule has 0 saturated carbocycles. The Labute approximate surface area is 56.8 Å². The summed E-state index contributed by atoms with van der Waals surface area (Å²) in [4.78, 5) is 0. The van der Waals surface area contributed by atoms with E-state index in [0.717, 1.165) is 11.7 Å². The first-order valence-electron chi connectivity index (χ1n) is 2.91. The van der Waals surface area contributed by atoms with Gasteiger partial charge in [-0.15, -0.1) is 0 Å². The molecule has 0 saturated heterocycles. The van der Waals surface area contributed by atoms with Crippen LogP contribution in [0.15, 0.2) is 36.0 Å². The van der Waals surface area contributed by atoms with Gasteiger partial charge in [0.05, 0.1) is 6.26 Å². The molecule has 0 rings (SSSR count). The minimum atomic E-state index is 0.855. The smallest absolute Gasteiger partial charge is 0.143 e. The quantitative estimate of drug-likeness (QED) is 0.331. The number of allylic oxidation sites excluding steroid dienone is 5. The summed E-state index contributed by atoms with van der Waals surface area (Å²) in [5.74, 6) is 0. The number of hydrogen-bond acceptors (Lipinski definition) is 1. The monoisotopic (exact) mass is 122 g/mol. The van der Waals surface area contributed by atoms with E-state index in [1.54, 1.807) is 0 Å². The summed E-state index contributed by atoms with van der Waals surface area (Å²) in [5, 5.41) is 8.40. The van der Waals surface area contributed by atoms with Crippen molar-refractivity contribution in [2.75, 3.05) is 0 Å². The van der Waals surface area contributed by atoms with E-state index in [1.807, 2.05) is 39.1 Å². The molecule has 0 aliphatic heterocycles. The van der Waals surface area contributed by atoms with Crippen molar-refractivity contribution in [3.63, 3.8) is 0 Å². The van der Waals surface area contributed by atoms with Crippen LogP contribution in [0.3, 0.4) is 0 Å². The van der Waals surface area contributed by atoms with E-state index < -0.39 is 0 Å². The molecular weight excluding hydrogens is 111 g/mol. The first kappa shape index (κ1) is 8.08. The van der Waals surface area contributed by atoms with Crippen molar-refractivity contribution in [1.29, 1.82) is 0 Å². The zero-order chi connectivity index (χ0) is 7.11. The lowest BCUT2D eigenvalue weighted by Gasteiger charge is -1.81. The summed E-state index contributed by atoms with van der Waals surface area (Å²) in [6.45, 7) is 1.95. The van der Waals surface area contributed by atoms with Crippen LogP contribution in [0, 0.1) is 0 Å². The first-order chi connectivity index (χ1) is 4.31. The summed E-state index contributed by atoms with van der Waals surface area (Å²) < 4.78 is 0. The summed E-state index contributed by atoms with van der Waals surface area (Å²) >= 11 is 0. The van der Waals surface area contributed by atoms with Gasteiger partial charge >= 0.3 is 0 Å². The van der Waals surface area contributed by atoms with E-state index in [-0.39, 0.29) is 0 Å². The fourth-order valence-electron chi connectivity index (χ4n) is 0.361. The molecule has 2 heteroatoms. The summed E-state index contributed by atoms with van der Waals surface area (Å²) in [5.41, 5.74) is 0.855. The Morgan fingerprint density at radius 3 is 2.56 bits per heavy atom. The van der Waals surface area contributed by atoms with Crippen LogP contribution in [-0.4, -0.2) is 13.0 Å². The normalized spacial score (nSPS) is 13.7. The molecule has 0 aliphatic carbocycles. The van der Waals surface area contributed by atoms with Gasteiger partial charge < -0.3 is 5.11 Å². The lowest BCUT2D eigenvalue weighted by atomic mass is 9.97. The Hall–Kier alpha value is -0.915. The Kier molecular flexibility index (Phi) is 4.69. The zero-order valence-corrected chi connectivity index (χ0v) is 5.83. The van der Waals surface area contributed by atoms with Crippen molar-refractivity contribution in [1.82, 2.24) is 0 Å². The van der Waals surface area contributed by atoms with E-state index in [0.29, 0.717) is 0 Å². The number of rotatable bonds is 2. The molecule has 0 fully saturated rings. The van der Waals surface area contributed by atoms with E-state index in [9.17, 15) is 0 Å². The lowest BCUT2D eigenvalue weighted by molar-refractivity contribution is 0.472. The molecular formula is C7H11BO. The Morgan fingerprint density at radius 1 is 1.44 bits per heavy atom. The van der Waals surface area contributed by atoms with Crippen molar-refractivity contribution in [3.05, 3.63) is 36.0 Å². The van der Waals surface area contributed by atoms with Crippen LogP contribution in [0.4, 0.5) is 0 Å². The largest absolute Gasteiger partial charge is 0.516 e. The number of aliphatic hydroxyl groups excluding tert-OH is 1. The van der Waals surface area contributed by atoms with E-state index in [2.05, 4.69) is 0 Å². The average Bonchev–Trinajstić information content (AvgIpc) is 1.89. The van der Waals surface area contributed by atoms with Crippen LogP contribution in [0.1, 0.15) is 6.92 Å². The molecule has 1 nitrogen and oxygen atoms in total. The van der Waals surface area contributed by atoms with Crippen LogP contribution in [0.25, 0.3) is 0 Å². The molecule has 0 spiro atoms. The third kappa shape index (κ3) is 4.95. The molecule has 0 amide bonds. The van der Waals surface area contributed by atoms with Crippen LogP contribution < -0.4 is 0 Å². The molecule has 0 aromatic rings. The van der Waals surface area contributed by atoms with Gasteiger partial charge in [-0.05, 0) is 6.92 Å². The van der Waals surface area contributed by atoms with Gasteiger partial charge in [-0.25, -0.2) is 0 Å². The van der Waals surface area contributed by atoms with Crippen molar-refractivity contribution in [3.8, 4) is 0 Å². The average molecular weight is 122 g/mol.